The number of carboxylic acid groups (broad SMARTS) is 1. The number of carboxylic acids is 1. The van der Waals surface area contributed by atoms with E-state index in [0.717, 1.165) is 17.0 Å². The van der Waals surface area contributed by atoms with E-state index in [0.29, 0.717) is 23.4 Å². The maximum atomic E-state index is 12.3. The number of hydrogen-bond donors (Lipinski definition) is 2. The topological polar surface area (TPSA) is 109 Å². The van der Waals surface area contributed by atoms with Crippen molar-refractivity contribution in [3.63, 3.8) is 0 Å². The van der Waals surface area contributed by atoms with E-state index in [1.165, 1.54) is 6.33 Å². The van der Waals surface area contributed by atoms with Gasteiger partial charge in [-0.15, -0.1) is 0 Å². The molecule has 2 aromatic heterocycles. The summed E-state index contributed by atoms with van der Waals surface area (Å²) >= 11 is 0. The Labute approximate surface area is 149 Å². The molecule has 1 aromatic carbocycles. The highest BCUT2D eigenvalue weighted by Crippen LogP contribution is 2.18. The summed E-state index contributed by atoms with van der Waals surface area (Å²) in [6.07, 6.45) is 2.07. The summed E-state index contributed by atoms with van der Waals surface area (Å²) in [5, 5.41) is 15.9. The lowest BCUT2D eigenvalue weighted by Gasteiger charge is -2.12. The largest absolute Gasteiger partial charge is 0.481 e. The first-order valence-corrected chi connectivity index (χ1v) is 8.21. The van der Waals surface area contributed by atoms with Crippen LogP contribution in [0.3, 0.4) is 0 Å². The number of nitrogens with zero attached hydrogens (tertiary/aromatic N) is 4. The second kappa shape index (κ2) is 7.30. The van der Waals surface area contributed by atoms with Crippen LogP contribution >= 0.6 is 0 Å². The Hall–Kier alpha value is -3.29. The fourth-order valence-electron chi connectivity index (χ4n) is 2.93. The minimum atomic E-state index is -0.940. The molecule has 8 nitrogen and oxygen atoms in total. The van der Waals surface area contributed by atoms with Crippen LogP contribution in [-0.4, -0.2) is 36.6 Å². The van der Waals surface area contributed by atoms with Crippen molar-refractivity contribution in [2.75, 3.05) is 5.32 Å². The van der Waals surface area contributed by atoms with Crippen molar-refractivity contribution in [1.29, 1.82) is 0 Å². The molecule has 0 aliphatic heterocycles. The zero-order chi connectivity index (χ0) is 18.7. The third-order valence-electron chi connectivity index (χ3n) is 4.22. The number of aliphatic carboxylic acids is 1. The van der Waals surface area contributed by atoms with Crippen LogP contribution in [-0.2, 0) is 22.4 Å². The zero-order valence-electron chi connectivity index (χ0n) is 14.6. The molecule has 0 atom stereocenters. The van der Waals surface area contributed by atoms with Gasteiger partial charge in [-0.2, -0.15) is 10.1 Å². The summed E-state index contributed by atoms with van der Waals surface area (Å²) in [7, 11) is 0. The molecule has 0 spiro atoms. The first-order chi connectivity index (χ1) is 12.5. The van der Waals surface area contributed by atoms with Crippen LogP contribution in [0.25, 0.3) is 5.78 Å². The molecule has 0 aliphatic carbocycles. The van der Waals surface area contributed by atoms with Gasteiger partial charge in [-0.25, -0.2) is 9.50 Å². The fraction of sp³-hybridized carbons (Fsp3) is 0.278. The van der Waals surface area contributed by atoms with Gasteiger partial charge in [0.1, 0.15) is 6.33 Å². The van der Waals surface area contributed by atoms with Crippen LogP contribution in [0.4, 0.5) is 5.69 Å². The van der Waals surface area contributed by atoms with Crippen molar-refractivity contribution in [2.24, 2.45) is 0 Å². The number of nitrogens with one attached hydrogen (secondary N) is 1. The van der Waals surface area contributed by atoms with Gasteiger partial charge in [-0.3, -0.25) is 9.59 Å². The Morgan fingerprint density at radius 1 is 1.23 bits per heavy atom. The predicted octanol–water partition coefficient (Wildman–Crippen LogP) is 1.94. The lowest BCUT2D eigenvalue weighted by Crippen LogP contribution is -2.16. The number of carbonyl (C=O) groups is 2. The van der Waals surface area contributed by atoms with Crippen LogP contribution in [0.5, 0.6) is 0 Å². The molecule has 2 heterocycles. The van der Waals surface area contributed by atoms with E-state index in [1.54, 1.807) is 28.8 Å². The van der Waals surface area contributed by atoms with Crippen LogP contribution in [0.2, 0.25) is 0 Å². The normalized spacial score (nSPS) is 10.8. The summed E-state index contributed by atoms with van der Waals surface area (Å²) in [5.74, 6) is -0.582. The van der Waals surface area contributed by atoms with Crippen molar-refractivity contribution < 1.29 is 14.7 Å². The Kier molecular flexibility index (Phi) is 4.92. The second-order valence-corrected chi connectivity index (χ2v) is 6.01. The minimum Gasteiger partial charge on any atom is -0.481 e. The van der Waals surface area contributed by atoms with Gasteiger partial charge < -0.3 is 10.4 Å². The van der Waals surface area contributed by atoms with E-state index in [4.69, 9.17) is 5.11 Å². The van der Waals surface area contributed by atoms with E-state index in [9.17, 15) is 9.59 Å². The molecule has 0 saturated carbocycles. The molecule has 2 N–H and O–H groups in total. The molecule has 0 bridgehead atoms. The standard InChI is InChI=1S/C18H19N5O3/c1-11-14(12(2)23-18(21-11)19-10-20-23)7-8-16(24)22-15-6-4-3-5-13(15)9-17(25)26/h3-6,10H,7-9H2,1-2H3,(H,22,24)(H,25,26). The van der Waals surface area contributed by atoms with Crippen molar-refractivity contribution in [3.05, 3.63) is 53.1 Å². The Bertz CT molecular complexity index is 980. The maximum Gasteiger partial charge on any atom is 0.307 e. The molecule has 134 valence electrons. The zero-order valence-corrected chi connectivity index (χ0v) is 14.6. The van der Waals surface area contributed by atoms with Crippen molar-refractivity contribution >= 4 is 23.3 Å². The molecule has 8 heteroatoms. The highest BCUT2D eigenvalue weighted by molar-refractivity contribution is 5.92. The third-order valence-corrected chi connectivity index (χ3v) is 4.22. The summed E-state index contributed by atoms with van der Waals surface area (Å²) in [4.78, 5) is 31.8. The smallest absolute Gasteiger partial charge is 0.307 e. The van der Waals surface area contributed by atoms with E-state index >= 15 is 0 Å². The number of para-hydroxylation sites is 1. The number of amides is 1. The monoisotopic (exact) mass is 353 g/mol. The van der Waals surface area contributed by atoms with Gasteiger partial charge in [0.2, 0.25) is 5.91 Å². The van der Waals surface area contributed by atoms with Crippen molar-refractivity contribution in [3.8, 4) is 0 Å². The van der Waals surface area contributed by atoms with Gasteiger partial charge in [0.15, 0.2) is 0 Å². The quantitative estimate of drug-likeness (QED) is 0.701. The predicted molar refractivity (Wildman–Crippen MR) is 95.0 cm³/mol. The van der Waals surface area contributed by atoms with Gasteiger partial charge in [0.05, 0.1) is 6.42 Å². The van der Waals surface area contributed by atoms with Gasteiger partial charge in [-0.05, 0) is 37.5 Å². The summed E-state index contributed by atoms with van der Waals surface area (Å²) < 4.78 is 1.66. The molecule has 3 rings (SSSR count). The van der Waals surface area contributed by atoms with Gasteiger partial charge in [0, 0.05) is 23.5 Å². The van der Waals surface area contributed by atoms with Gasteiger partial charge in [-0.1, -0.05) is 18.2 Å². The Balaban J connectivity index is 1.71. The highest BCUT2D eigenvalue weighted by atomic mass is 16.4. The minimum absolute atomic E-state index is 0.137. The van der Waals surface area contributed by atoms with Crippen LogP contribution in [0.15, 0.2) is 30.6 Å². The summed E-state index contributed by atoms with van der Waals surface area (Å²) in [6.45, 7) is 3.81. The molecule has 0 radical (unpaired) electrons. The number of aryl methyl sites for hydroxylation is 2. The average molecular weight is 353 g/mol. The van der Waals surface area contributed by atoms with Crippen LogP contribution in [0, 0.1) is 13.8 Å². The molecular formula is C18H19N5O3. The number of aromatic nitrogens is 4. The number of rotatable bonds is 6. The molecule has 0 saturated heterocycles. The number of anilines is 1. The molecule has 26 heavy (non-hydrogen) atoms. The third kappa shape index (κ3) is 3.69. The highest BCUT2D eigenvalue weighted by Gasteiger charge is 2.14. The van der Waals surface area contributed by atoms with E-state index in [2.05, 4.69) is 20.4 Å². The number of carbonyl (C=O) groups excluding carboxylic acids is 1. The molecule has 3 aromatic rings. The Morgan fingerprint density at radius 2 is 2.00 bits per heavy atom. The molecule has 0 aliphatic rings. The van der Waals surface area contributed by atoms with Gasteiger partial charge >= 0.3 is 5.97 Å². The lowest BCUT2D eigenvalue weighted by molar-refractivity contribution is -0.136. The molecular weight excluding hydrogens is 334 g/mol. The fourth-order valence-corrected chi connectivity index (χ4v) is 2.93. The molecule has 0 unspecified atom stereocenters. The van der Waals surface area contributed by atoms with Crippen molar-refractivity contribution in [2.45, 2.75) is 33.1 Å². The van der Waals surface area contributed by atoms with E-state index in [-0.39, 0.29) is 18.7 Å². The maximum absolute atomic E-state index is 12.3. The average Bonchev–Trinajstić information content (AvgIpc) is 3.04. The molecule has 0 fully saturated rings. The van der Waals surface area contributed by atoms with E-state index in [1.807, 2.05) is 13.8 Å². The number of hydrogen-bond acceptors (Lipinski definition) is 5. The second-order valence-electron chi connectivity index (χ2n) is 6.01. The lowest BCUT2D eigenvalue weighted by atomic mass is 10.1. The van der Waals surface area contributed by atoms with Crippen molar-refractivity contribution in [1.82, 2.24) is 19.6 Å². The van der Waals surface area contributed by atoms with Crippen LogP contribution < -0.4 is 5.32 Å². The Morgan fingerprint density at radius 3 is 2.77 bits per heavy atom. The first-order valence-electron chi connectivity index (χ1n) is 8.21. The number of fused-ring (bicyclic) bond motifs is 1. The first kappa shape index (κ1) is 17.5. The SMILES string of the molecule is Cc1nc2ncnn2c(C)c1CCC(=O)Nc1ccccc1CC(=O)O. The molecule has 1 amide bonds. The number of benzene rings is 1. The summed E-state index contributed by atoms with van der Waals surface area (Å²) in [6, 6.07) is 6.91. The van der Waals surface area contributed by atoms with Crippen LogP contribution in [0.1, 0.15) is 28.9 Å². The van der Waals surface area contributed by atoms with E-state index < -0.39 is 5.97 Å². The summed E-state index contributed by atoms with van der Waals surface area (Å²) in [5.41, 5.74) is 3.78. The van der Waals surface area contributed by atoms with Gasteiger partial charge in [0.25, 0.3) is 5.78 Å².